The van der Waals surface area contributed by atoms with Gasteiger partial charge in [0.1, 0.15) is 5.75 Å². The molecule has 0 radical (unpaired) electrons. The molecule has 0 amide bonds. The Morgan fingerprint density at radius 1 is 1.05 bits per heavy atom. The number of hydrogen-bond acceptors (Lipinski definition) is 2. The minimum atomic E-state index is 0. The monoisotopic (exact) mass is 405 g/mol. The average molecular weight is 405 g/mol. The van der Waals surface area contributed by atoms with E-state index in [-0.39, 0.29) is 24.0 Å². The zero-order valence-electron chi connectivity index (χ0n) is 13.3. The Labute approximate surface area is 145 Å². The van der Waals surface area contributed by atoms with Gasteiger partial charge in [-0.05, 0) is 45.7 Å². The van der Waals surface area contributed by atoms with Crippen molar-refractivity contribution in [1.29, 1.82) is 0 Å². The molecule has 0 aliphatic heterocycles. The highest BCUT2D eigenvalue weighted by molar-refractivity contribution is 14.0. The van der Waals surface area contributed by atoms with Gasteiger partial charge in [0.15, 0.2) is 5.96 Å². The van der Waals surface area contributed by atoms with Crippen molar-refractivity contribution in [3.8, 4) is 5.75 Å². The van der Waals surface area contributed by atoms with E-state index >= 15 is 0 Å². The Kier molecular flexibility index (Phi) is 12.1. The van der Waals surface area contributed by atoms with Gasteiger partial charge in [0.05, 0.1) is 6.61 Å². The molecule has 5 heteroatoms. The van der Waals surface area contributed by atoms with Gasteiger partial charge < -0.3 is 15.4 Å². The average Bonchev–Trinajstić information content (AvgIpc) is 2.45. The summed E-state index contributed by atoms with van der Waals surface area (Å²) in [5.74, 6) is 1.84. The fraction of sp³-hybridized carbons (Fsp3) is 0.562. The first kappa shape index (κ1) is 20.0. The summed E-state index contributed by atoms with van der Waals surface area (Å²) in [5.41, 5.74) is 1.26. The SMILES string of the molecule is CCNC(=NCCCCOc1ccc(C)cc1)NCC.I. The van der Waals surface area contributed by atoms with Crippen LogP contribution in [-0.2, 0) is 0 Å². The molecule has 2 N–H and O–H groups in total. The minimum Gasteiger partial charge on any atom is -0.494 e. The minimum absolute atomic E-state index is 0. The highest BCUT2D eigenvalue weighted by atomic mass is 127. The molecule has 21 heavy (non-hydrogen) atoms. The Balaban J connectivity index is 0.00000400. The van der Waals surface area contributed by atoms with Crippen molar-refractivity contribution >= 4 is 29.9 Å². The molecule has 0 heterocycles. The van der Waals surface area contributed by atoms with Crippen LogP contribution in [0.1, 0.15) is 32.3 Å². The summed E-state index contributed by atoms with van der Waals surface area (Å²) in [6, 6.07) is 8.17. The Hall–Kier alpha value is -0.980. The van der Waals surface area contributed by atoms with Gasteiger partial charge in [-0.3, -0.25) is 4.99 Å². The van der Waals surface area contributed by atoms with E-state index in [4.69, 9.17) is 4.74 Å². The number of unbranched alkanes of at least 4 members (excludes halogenated alkanes) is 1. The molecule has 0 bridgehead atoms. The molecule has 0 aliphatic rings. The molecular weight excluding hydrogens is 377 g/mol. The van der Waals surface area contributed by atoms with E-state index in [1.165, 1.54) is 5.56 Å². The van der Waals surface area contributed by atoms with Crippen molar-refractivity contribution in [2.75, 3.05) is 26.2 Å². The molecule has 0 fully saturated rings. The van der Waals surface area contributed by atoms with Crippen LogP contribution in [0.15, 0.2) is 29.3 Å². The Morgan fingerprint density at radius 2 is 1.67 bits per heavy atom. The Morgan fingerprint density at radius 3 is 2.24 bits per heavy atom. The van der Waals surface area contributed by atoms with Gasteiger partial charge in [0.25, 0.3) is 0 Å². The van der Waals surface area contributed by atoms with E-state index in [0.29, 0.717) is 0 Å². The lowest BCUT2D eigenvalue weighted by molar-refractivity contribution is 0.308. The van der Waals surface area contributed by atoms with Crippen molar-refractivity contribution in [3.63, 3.8) is 0 Å². The molecule has 4 nitrogen and oxygen atoms in total. The smallest absolute Gasteiger partial charge is 0.191 e. The fourth-order valence-corrected chi connectivity index (χ4v) is 1.74. The summed E-state index contributed by atoms with van der Waals surface area (Å²) >= 11 is 0. The quantitative estimate of drug-likeness (QED) is 0.302. The predicted octanol–water partition coefficient (Wildman–Crippen LogP) is 3.35. The third kappa shape index (κ3) is 9.55. The lowest BCUT2D eigenvalue weighted by Crippen LogP contribution is -2.37. The first-order valence-corrected chi connectivity index (χ1v) is 7.48. The first-order chi connectivity index (χ1) is 9.76. The highest BCUT2D eigenvalue weighted by Gasteiger charge is 1.95. The zero-order valence-corrected chi connectivity index (χ0v) is 15.6. The molecule has 0 spiro atoms. The molecule has 0 saturated carbocycles. The maximum Gasteiger partial charge on any atom is 0.191 e. The highest BCUT2D eigenvalue weighted by Crippen LogP contribution is 2.11. The number of rotatable bonds is 8. The number of ether oxygens (including phenoxy) is 1. The van der Waals surface area contributed by atoms with Gasteiger partial charge in [0, 0.05) is 19.6 Å². The molecule has 120 valence electrons. The van der Waals surface area contributed by atoms with Crippen LogP contribution in [0.2, 0.25) is 0 Å². The summed E-state index contributed by atoms with van der Waals surface area (Å²) in [7, 11) is 0. The predicted molar refractivity (Wildman–Crippen MR) is 101 cm³/mol. The molecule has 0 aliphatic carbocycles. The van der Waals surface area contributed by atoms with Crippen molar-refractivity contribution < 1.29 is 4.74 Å². The van der Waals surface area contributed by atoms with E-state index in [9.17, 15) is 0 Å². The van der Waals surface area contributed by atoms with E-state index in [1.807, 2.05) is 12.1 Å². The maximum absolute atomic E-state index is 5.68. The van der Waals surface area contributed by atoms with E-state index in [1.54, 1.807) is 0 Å². The second kappa shape index (κ2) is 12.7. The molecule has 1 aromatic carbocycles. The number of benzene rings is 1. The second-order valence-corrected chi connectivity index (χ2v) is 4.66. The van der Waals surface area contributed by atoms with Crippen molar-refractivity contribution in [1.82, 2.24) is 10.6 Å². The summed E-state index contributed by atoms with van der Waals surface area (Å²) in [6.07, 6.45) is 2.05. The maximum atomic E-state index is 5.68. The van der Waals surface area contributed by atoms with Crippen LogP contribution < -0.4 is 15.4 Å². The molecule has 0 atom stereocenters. The van der Waals surface area contributed by atoms with Gasteiger partial charge in [-0.2, -0.15) is 0 Å². The standard InChI is InChI=1S/C16H27N3O.HI/c1-4-17-16(18-5-2)19-12-6-7-13-20-15-10-8-14(3)9-11-15;/h8-11H,4-7,12-13H2,1-3H3,(H2,17,18,19);1H. The van der Waals surface area contributed by atoms with Gasteiger partial charge >= 0.3 is 0 Å². The van der Waals surface area contributed by atoms with Crippen LogP contribution >= 0.6 is 24.0 Å². The number of nitrogens with one attached hydrogen (secondary N) is 2. The number of aliphatic imine (C=N–C) groups is 1. The lowest BCUT2D eigenvalue weighted by Gasteiger charge is -2.09. The molecule has 0 saturated heterocycles. The largest absolute Gasteiger partial charge is 0.494 e. The number of halogens is 1. The number of hydrogen-bond donors (Lipinski definition) is 2. The summed E-state index contributed by atoms with van der Waals surface area (Å²) < 4.78 is 5.68. The second-order valence-electron chi connectivity index (χ2n) is 4.66. The molecular formula is C16H28IN3O. The number of aryl methyl sites for hydroxylation is 1. The molecule has 1 aromatic rings. The van der Waals surface area contributed by atoms with E-state index < -0.39 is 0 Å². The van der Waals surface area contributed by atoms with Crippen LogP contribution in [0.5, 0.6) is 5.75 Å². The Bertz CT molecular complexity index is 385. The third-order valence-electron chi connectivity index (χ3n) is 2.80. The number of nitrogens with zero attached hydrogens (tertiary/aromatic N) is 1. The topological polar surface area (TPSA) is 45.7 Å². The first-order valence-electron chi connectivity index (χ1n) is 7.48. The van der Waals surface area contributed by atoms with Crippen LogP contribution in [0.3, 0.4) is 0 Å². The van der Waals surface area contributed by atoms with E-state index in [0.717, 1.165) is 50.8 Å². The van der Waals surface area contributed by atoms with Gasteiger partial charge in [-0.15, -0.1) is 24.0 Å². The van der Waals surface area contributed by atoms with Crippen LogP contribution in [0.25, 0.3) is 0 Å². The normalized spacial score (nSPS) is 9.48. The molecule has 0 unspecified atom stereocenters. The summed E-state index contributed by atoms with van der Waals surface area (Å²) in [6.45, 7) is 9.58. The van der Waals surface area contributed by atoms with Crippen molar-refractivity contribution in [2.45, 2.75) is 33.6 Å². The number of guanidine groups is 1. The van der Waals surface area contributed by atoms with Crippen LogP contribution in [-0.4, -0.2) is 32.2 Å². The summed E-state index contributed by atoms with van der Waals surface area (Å²) in [4.78, 5) is 4.50. The van der Waals surface area contributed by atoms with Crippen LogP contribution in [0, 0.1) is 6.92 Å². The van der Waals surface area contributed by atoms with Gasteiger partial charge in [-0.25, -0.2) is 0 Å². The van der Waals surface area contributed by atoms with E-state index in [2.05, 4.69) is 48.5 Å². The third-order valence-corrected chi connectivity index (χ3v) is 2.80. The lowest BCUT2D eigenvalue weighted by atomic mass is 10.2. The van der Waals surface area contributed by atoms with Crippen LogP contribution in [0.4, 0.5) is 0 Å². The summed E-state index contributed by atoms with van der Waals surface area (Å²) in [5, 5.41) is 6.43. The fourth-order valence-electron chi connectivity index (χ4n) is 1.74. The van der Waals surface area contributed by atoms with Gasteiger partial charge in [-0.1, -0.05) is 17.7 Å². The molecule has 0 aromatic heterocycles. The molecule has 1 rings (SSSR count). The van der Waals surface area contributed by atoms with Crippen molar-refractivity contribution in [2.24, 2.45) is 4.99 Å². The zero-order chi connectivity index (χ0) is 14.6. The van der Waals surface area contributed by atoms with Gasteiger partial charge in [0.2, 0.25) is 0 Å². The van der Waals surface area contributed by atoms with Crippen molar-refractivity contribution in [3.05, 3.63) is 29.8 Å².